The summed E-state index contributed by atoms with van der Waals surface area (Å²) in [6.45, 7) is 4.38. The molecule has 0 spiro atoms. The number of likely N-dealkylation sites (tertiary alicyclic amines) is 1. The molecular formula is C16H22F3N5O. The quantitative estimate of drug-likeness (QED) is 0.409. The number of halogens is 3. The highest BCUT2D eigenvalue weighted by Crippen LogP contribution is 2.19. The molecule has 0 aliphatic carbocycles. The number of hydrogen-bond acceptors (Lipinski definition) is 3. The highest BCUT2D eigenvalue weighted by Gasteiger charge is 2.22. The van der Waals surface area contributed by atoms with Gasteiger partial charge in [-0.05, 0) is 38.1 Å². The fourth-order valence-electron chi connectivity index (χ4n) is 2.79. The minimum atomic E-state index is -1.64. The molecule has 0 saturated carbocycles. The predicted octanol–water partition coefficient (Wildman–Crippen LogP) is 1.43. The number of carbonyl (C=O) groups is 1. The molecule has 1 aliphatic heterocycles. The van der Waals surface area contributed by atoms with Gasteiger partial charge in [0.1, 0.15) is 6.54 Å². The second-order valence-electron chi connectivity index (χ2n) is 5.78. The van der Waals surface area contributed by atoms with E-state index in [2.05, 4.69) is 27.4 Å². The Bertz CT molecular complexity index is 653. The number of benzene rings is 1. The fourth-order valence-corrected chi connectivity index (χ4v) is 2.79. The molecule has 1 unspecified atom stereocenters. The van der Waals surface area contributed by atoms with Crippen molar-refractivity contribution < 1.29 is 18.0 Å². The number of guanidine groups is 1. The van der Waals surface area contributed by atoms with Crippen molar-refractivity contribution in [2.75, 3.05) is 31.5 Å². The van der Waals surface area contributed by atoms with Crippen molar-refractivity contribution in [3.8, 4) is 0 Å². The van der Waals surface area contributed by atoms with Gasteiger partial charge in [-0.25, -0.2) is 18.2 Å². The van der Waals surface area contributed by atoms with Crippen molar-refractivity contribution in [1.82, 2.24) is 10.2 Å². The fraction of sp³-hybridized carbons (Fsp3) is 0.500. The van der Waals surface area contributed by atoms with Crippen LogP contribution in [-0.2, 0) is 4.79 Å². The number of nitrogens with zero attached hydrogens (tertiary/aromatic N) is 2. The Morgan fingerprint density at radius 3 is 2.84 bits per heavy atom. The Balaban J connectivity index is 1.82. The number of carbonyl (C=O) groups excluding carboxylic acids is 1. The topological polar surface area (TPSA) is 82.8 Å². The van der Waals surface area contributed by atoms with Crippen LogP contribution in [0.25, 0.3) is 0 Å². The van der Waals surface area contributed by atoms with Gasteiger partial charge in [0, 0.05) is 12.6 Å². The van der Waals surface area contributed by atoms with Crippen molar-refractivity contribution in [3.63, 3.8) is 0 Å². The SMILES string of the molecule is CCN1CCCC1CNC(N)=NCC(=O)Nc1ccc(F)c(F)c1F. The van der Waals surface area contributed by atoms with E-state index in [9.17, 15) is 18.0 Å². The van der Waals surface area contributed by atoms with E-state index < -0.39 is 29.0 Å². The average Bonchev–Trinajstić information content (AvgIpc) is 3.06. The first kappa shape index (κ1) is 19.0. The Kier molecular flexibility index (Phi) is 6.63. The summed E-state index contributed by atoms with van der Waals surface area (Å²) >= 11 is 0. The monoisotopic (exact) mass is 357 g/mol. The zero-order valence-electron chi connectivity index (χ0n) is 14.0. The molecule has 9 heteroatoms. The Hall–Kier alpha value is -2.29. The number of likely N-dealkylation sites (N-methyl/N-ethyl adjacent to an activating group) is 1. The Morgan fingerprint density at radius 1 is 1.36 bits per heavy atom. The smallest absolute Gasteiger partial charge is 0.246 e. The van der Waals surface area contributed by atoms with Gasteiger partial charge >= 0.3 is 0 Å². The van der Waals surface area contributed by atoms with Crippen LogP contribution in [0.15, 0.2) is 17.1 Å². The number of amides is 1. The van der Waals surface area contributed by atoms with Gasteiger partial charge in [-0.2, -0.15) is 0 Å². The molecule has 0 aromatic heterocycles. The van der Waals surface area contributed by atoms with Gasteiger partial charge in [0.25, 0.3) is 0 Å². The summed E-state index contributed by atoms with van der Waals surface area (Å²) < 4.78 is 39.4. The summed E-state index contributed by atoms with van der Waals surface area (Å²) in [5.41, 5.74) is 5.26. The van der Waals surface area contributed by atoms with Crippen molar-refractivity contribution in [2.45, 2.75) is 25.8 Å². The third-order valence-electron chi connectivity index (χ3n) is 4.13. The first-order chi connectivity index (χ1) is 11.9. The summed E-state index contributed by atoms with van der Waals surface area (Å²) in [7, 11) is 0. The molecule has 1 amide bonds. The lowest BCUT2D eigenvalue weighted by atomic mass is 10.2. The minimum Gasteiger partial charge on any atom is -0.370 e. The highest BCUT2D eigenvalue weighted by molar-refractivity contribution is 5.94. The van der Waals surface area contributed by atoms with Crippen molar-refractivity contribution >= 4 is 17.6 Å². The zero-order valence-corrected chi connectivity index (χ0v) is 14.0. The van der Waals surface area contributed by atoms with E-state index in [-0.39, 0.29) is 12.5 Å². The van der Waals surface area contributed by atoms with Crippen molar-refractivity contribution in [2.24, 2.45) is 10.7 Å². The average molecular weight is 357 g/mol. The maximum absolute atomic E-state index is 13.5. The van der Waals surface area contributed by atoms with Crippen molar-refractivity contribution in [1.29, 1.82) is 0 Å². The van der Waals surface area contributed by atoms with E-state index in [1.807, 2.05) is 0 Å². The predicted molar refractivity (Wildman–Crippen MR) is 89.7 cm³/mol. The van der Waals surface area contributed by atoms with Crippen LogP contribution < -0.4 is 16.4 Å². The molecule has 0 radical (unpaired) electrons. The number of anilines is 1. The Labute approximate surface area is 144 Å². The van der Waals surface area contributed by atoms with Gasteiger partial charge < -0.3 is 16.4 Å². The summed E-state index contributed by atoms with van der Waals surface area (Å²) in [5.74, 6) is -5.01. The molecule has 138 valence electrons. The van der Waals surface area contributed by atoms with Crippen LogP contribution in [-0.4, -0.2) is 49.0 Å². The van der Waals surface area contributed by atoms with Crippen LogP contribution in [0, 0.1) is 17.5 Å². The van der Waals surface area contributed by atoms with Gasteiger partial charge in [0.05, 0.1) is 5.69 Å². The first-order valence-electron chi connectivity index (χ1n) is 8.13. The summed E-state index contributed by atoms with van der Waals surface area (Å²) in [4.78, 5) is 17.9. The van der Waals surface area contributed by atoms with E-state index in [0.717, 1.165) is 38.1 Å². The summed E-state index contributed by atoms with van der Waals surface area (Å²) in [6, 6.07) is 2.05. The van der Waals surface area contributed by atoms with Gasteiger partial charge in [-0.15, -0.1) is 0 Å². The summed E-state index contributed by atoms with van der Waals surface area (Å²) in [6.07, 6.45) is 2.21. The molecule has 1 heterocycles. The number of hydrogen-bond donors (Lipinski definition) is 3. The highest BCUT2D eigenvalue weighted by atomic mass is 19.2. The van der Waals surface area contributed by atoms with Crippen LogP contribution in [0.3, 0.4) is 0 Å². The van der Waals surface area contributed by atoms with Crippen LogP contribution in [0.2, 0.25) is 0 Å². The third kappa shape index (κ3) is 5.09. The molecule has 2 rings (SSSR count). The van der Waals surface area contributed by atoms with Crippen LogP contribution >= 0.6 is 0 Å². The van der Waals surface area contributed by atoms with E-state index in [1.54, 1.807) is 0 Å². The maximum Gasteiger partial charge on any atom is 0.246 e. The molecule has 1 saturated heterocycles. The molecule has 1 atom stereocenters. The van der Waals surface area contributed by atoms with Crippen LogP contribution in [0.5, 0.6) is 0 Å². The van der Waals surface area contributed by atoms with Crippen LogP contribution in [0.1, 0.15) is 19.8 Å². The lowest BCUT2D eigenvalue weighted by Crippen LogP contribution is -2.43. The molecular weight excluding hydrogens is 335 g/mol. The van der Waals surface area contributed by atoms with E-state index in [1.165, 1.54) is 0 Å². The van der Waals surface area contributed by atoms with Crippen LogP contribution in [0.4, 0.5) is 18.9 Å². The van der Waals surface area contributed by atoms with E-state index in [4.69, 9.17) is 5.73 Å². The van der Waals surface area contributed by atoms with Gasteiger partial charge in [0.15, 0.2) is 23.4 Å². The number of nitrogens with two attached hydrogens (primary N) is 1. The molecule has 1 aromatic rings. The van der Waals surface area contributed by atoms with E-state index in [0.29, 0.717) is 12.6 Å². The minimum absolute atomic E-state index is 0.101. The number of rotatable bonds is 6. The Morgan fingerprint density at radius 2 is 2.12 bits per heavy atom. The molecule has 1 fully saturated rings. The maximum atomic E-state index is 13.5. The first-order valence-corrected chi connectivity index (χ1v) is 8.13. The van der Waals surface area contributed by atoms with Gasteiger partial charge in [-0.1, -0.05) is 6.92 Å². The molecule has 1 aliphatic rings. The molecule has 25 heavy (non-hydrogen) atoms. The molecule has 1 aromatic carbocycles. The van der Waals surface area contributed by atoms with Gasteiger partial charge in [-0.3, -0.25) is 9.69 Å². The number of aliphatic imine (C=N–C) groups is 1. The normalized spacial score (nSPS) is 18.4. The van der Waals surface area contributed by atoms with E-state index >= 15 is 0 Å². The zero-order chi connectivity index (χ0) is 18.4. The lowest BCUT2D eigenvalue weighted by molar-refractivity contribution is -0.114. The lowest BCUT2D eigenvalue weighted by Gasteiger charge is -2.23. The largest absolute Gasteiger partial charge is 0.370 e. The molecule has 4 N–H and O–H groups in total. The second-order valence-corrected chi connectivity index (χ2v) is 5.78. The number of nitrogens with one attached hydrogen (secondary N) is 2. The standard InChI is InChI=1S/C16H22F3N5O/c1-2-24-7-3-4-10(24)8-21-16(20)22-9-13(25)23-12-6-5-11(17)14(18)15(12)19/h5-6,10H,2-4,7-9H2,1H3,(H,23,25)(H3,20,21,22). The van der Waals surface area contributed by atoms with Gasteiger partial charge in [0.2, 0.25) is 5.91 Å². The summed E-state index contributed by atoms with van der Waals surface area (Å²) in [5, 5.41) is 5.09. The second kappa shape index (κ2) is 8.70. The molecule has 0 bridgehead atoms. The van der Waals surface area contributed by atoms with Crippen molar-refractivity contribution in [3.05, 3.63) is 29.6 Å². The third-order valence-corrected chi connectivity index (χ3v) is 4.13. The molecule has 6 nitrogen and oxygen atoms in total.